The summed E-state index contributed by atoms with van der Waals surface area (Å²) in [6.07, 6.45) is 2.60. The number of hydrogen-bond donors (Lipinski definition) is 0. The van der Waals surface area contributed by atoms with Gasteiger partial charge < -0.3 is 13.3 Å². The van der Waals surface area contributed by atoms with E-state index in [2.05, 4.69) is 4.74 Å². The molecule has 0 aliphatic rings. The van der Waals surface area contributed by atoms with Crippen LogP contribution in [0.4, 0.5) is 0 Å². The predicted octanol–water partition coefficient (Wildman–Crippen LogP) is 1.37. The van der Waals surface area contributed by atoms with E-state index in [4.69, 9.17) is 8.60 Å². The molecular formula is C12H10O7S. The molecule has 0 saturated heterocycles. The summed E-state index contributed by atoms with van der Waals surface area (Å²) in [6, 6.07) is 2.50. The van der Waals surface area contributed by atoms with E-state index in [1.807, 2.05) is 0 Å². The molecule has 20 heavy (non-hydrogen) atoms. The average Bonchev–Trinajstić information content (AvgIpc) is 2.77. The van der Waals surface area contributed by atoms with Gasteiger partial charge in [-0.2, -0.15) is 8.42 Å². The van der Waals surface area contributed by atoms with E-state index in [1.54, 1.807) is 0 Å². The molecule has 0 aliphatic heterocycles. The zero-order valence-electron chi connectivity index (χ0n) is 10.6. The third-order valence-electron chi connectivity index (χ3n) is 2.48. The van der Waals surface area contributed by atoms with Crippen LogP contribution in [-0.2, 0) is 14.9 Å². The Balaban J connectivity index is 2.71. The molecule has 0 radical (unpaired) electrons. The van der Waals surface area contributed by atoms with Crippen LogP contribution < -0.4 is 4.18 Å². The number of rotatable bonds is 4. The second-order valence-corrected chi connectivity index (χ2v) is 5.51. The molecule has 0 aliphatic carbocycles. The summed E-state index contributed by atoms with van der Waals surface area (Å²) in [5.41, 5.74) is 0.337. The van der Waals surface area contributed by atoms with Crippen molar-refractivity contribution in [2.75, 3.05) is 13.4 Å². The van der Waals surface area contributed by atoms with E-state index in [-0.39, 0.29) is 22.5 Å². The van der Waals surface area contributed by atoms with Crippen LogP contribution in [0.15, 0.2) is 22.8 Å². The normalized spacial score (nSPS) is 11.3. The number of esters is 1. The van der Waals surface area contributed by atoms with Crippen molar-refractivity contribution in [2.45, 2.75) is 0 Å². The number of fused-ring (bicyclic) bond motifs is 1. The summed E-state index contributed by atoms with van der Waals surface area (Å²) in [5, 5.41) is 0.362. The third kappa shape index (κ3) is 2.64. The Labute approximate surface area is 114 Å². The van der Waals surface area contributed by atoms with Crippen molar-refractivity contribution in [3.05, 3.63) is 29.5 Å². The molecule has 8 heteroatoms. The molecule has 1 aromatic carbocycles. The highest BCUT2D eigenvalue weighted by atomic mass is 32.2. The molecule has 1 heterocycles. The quantitative estimate of drug-likeness (QED) is 0.477. The smallest absolute Gasteiger partial charge is 0.341 e. The predicted molar refractivity (Wildman–Crippen MR) is 68.4 cm³/mol. The van der Waals surface area contributed by atoms with Crippen LogP contribution in [0.2, 0.25) is 0 Å². The number of hydrogen-bond acceptors (Lipinski definition) is 7. The van der Waals surface area contributed by atoms with Crippen molar-refractivity contribution < 1.29 is 31.3 Å². The Kier molecular flexibility index (Phi) is 3.49. The zero-order valence-corrected chi connectivity index (χ0v) is 11.4. The van der Waals surface area contributed by atoms with E-state index < -0.39 is 16.1 Å². The summed E-state index contributed by atoms with van der Waals surface area (Å²) in [7, 11) is -2.68. The minimum atomic E-state index is -3.83. The molecule has 0 N–H and O–H groups in total. The molecule has 2 aromatic rings. The molecule has 0 spiro atoms. The van der Waals surface area contributed by atoms with Crippen LogP contribution in [0.5, 0.6) is 5.75 Å². The fourth-order valence-electron chi connectivity index (χ4n) is 1.67. The Morgan fingerprint density at radius 3 is 2.60 bits per heavy atom. The first kappa shape index (κ1) is 14.1. The van der Waals surface area contributed by atoms with Gasteiger partial charge in [-0.05, 0) is 6.07 Å². The lowest BCUT2D eigenvalue weighted by Crippen LogP contribution is -2.11. The Morgan fingerprint density at radius 2 is 2.05 bits per heavy atom. The fraction of sp³-hybridized carbons (Fsp3) is 0.167. The van der Waals surface area contributed by atoms with Crippen LogP contribution in [0.3, 0.4) is 0 Å². The highest BCUT2D eigenvalue weighted by Crippen LogP contribution is 2.30. The first-order valence-electron chi connectivity index (χ1n) is 5.34. The summed E-state index contributed by atoms with van der Waals surface area (Å²) in [6.45, 7) is 0. The molecule has 1 aromatic heterocycles. The average molecular weight is 298 g/mol. The number of carbonyl (C=O) groups excluding carboxylic acids is 2. The Morgan fingerprint density at radius 1 is 1.35 bits per heavy atom. The topological polar surface area (TPSA) is 99.9 Å². The molecule has 0 amide bonds. The molecule has 2 rings (SSSR count). The largest absolute Gasteiger partial charge is 0.465 e. The van der Waals surface area contributed by atoms with Gasteiger partial charge in [-0.25, -0.2) is 4.79 Å². The van der Waals surface area contributed by atoms with Crippen molar-refractivity contribution in [3.8, 4) is 5.75 Å². The number of methoxy groups -OCH3 is 1. The second kappa shape index (κ2) is 4.97. The minimum Gasteiger partial charge on any atom is -0.465 e. The molecule has 0 fully saturated rings. The monoisotopic (exact) mass is 298 g/mol. The molecular weight excluding hydrogens is 288 g/mol. The van der Waals surface area contributed by atoms with E-state index in [1.165, 1.54) is 18.4 Å². The lowest BCUT2D eigenvalue weighted by Gasteiger charge is -2.08. The highest BCUT2D eigenvalue weighted by Gasteiger charge is 2.20. The first-order valence-corrected chi connectivity index (χ1v) is 7.15. The van der Waals surface area contributed by atoms with Gasteiger partial charge in [0, 0.05) is 11.5 Å². The molecule has 7 nitrogen and oxygen atoms in total. The lowest BCUT2D eigenvalue weighted by atomic mass is 10.1. The molecule has 0 unspecified atom stereocenters. The number of benzene rings is 1. The van der Waals surface area contributed by atoms with Crippen molar-refractivity contribution in [2.24, 2.45) is 0 Å². The number of carbonyl (C=O) groups is 2. The van der Waals surface area contributed by atoms with Crippen LogP contribution in [0.25, 0.3) is 11.0 Å². The van der Waals surface area contributed by atoms with Crippen molar-refractivity contribution in [1.82, 2.24) is 0 Å². The van der Waals surface area contributed by atoms with E-state index >= 15 is 0 Å². The van der Waals surface area contributed by atoms with Gasteiger partial charge in [-0.1, -0.05) is 0 Å². The third-order valence-corrected chi connectivity index (χ3v) is 2.96. The summed E-state index contributed by atoms with van der Waals surface area (Å²) < 4.78 is 36.8. The standard InChI is InChI=1S/C12H10O7S/c1-17-12(14)9-3-8-7(5-13)6-18-10(8)4-11(9)19-20(2,15)16/h3-6H,1-2H3. The molecule has 0 saturated carbocycles. The van der Waals surface area contributed by atoms with Crippen LogP contribution in [0.1, 0.15) is 20.7 Å². The van der Waals surface area contributed by atoms with Gasteiger partial charge in [-0.3, -0.25) is 4.79 Å². The van der Waals surface area contributed by atoms with Gasteiger partial charge in [0.2, 0.25) is 0 Å². The van der Waals surface area contributed by atoms with E-state index in [0.29, 0.717) is 11.7 Å². The SMILES string of the molecule is COC(=O)c1cc2c(C=O)coc2cc1OS(C)(=O)=O. The number of aldehydes is 1. The van der Waals surface area contributed by atoms with E-state index in [0.717, 1.165) is 13.4 Å². The van der Waals surface area contributed by atoms with E-state index in [9.17, 15) is 18.0 Å². The maximum atomic E-state index is 11.7. The zero-order chi connectivity index (χ0) is 14.9. The number of ether oxygens (including phenoxy) is 1. The van der Waals surface area contributed by atoms with Gasteiger partial charge in [0.05, 0.1) is 18.9 Å². The molecule has 0 atom stereocenters. The van der Waals surface area contributed by atoms with Crippen LogP contribution >= 0.6 is 0 Å². The Hall–Kier alpha value is -2.35. The van der Waals surface area contributed by atoms with Crippen LogP contribution in [-0.4, -0.2) is 34.0 Å². The fourth-order valence-corrected chi connectivity index (χ4v) is 2.13. The van der Waals surface area contributed by atoms with Gasteiger partial charge >= 0.3 is 16.1 Å². The first-order chi connectivity index (χ1) is 9.35. The molecule has 0 bridgehead atoms. The minimum absolute atomic E-state index is 0.116. The highest BCUT2D eigenvalue weighted by molar-refractivity contribution is 7.86. The summed E-state index contributed by atoms with van der Waals surface area (Å²) in [5.74, 6) is -1.01. The number of furan rings is 1. The van der Waals surface area contributed by atoms with Gasteiger partial charge in [0.1, 0.15) is 17.4 Å². The lowest BCUT2D eigenvalue weighted by molar-refractivity contribution is 0.0599. The van der Waals surface area contributed by atoms with Crippen molar-refractivity contribution in [1.29, 1.82) is 0 Å². The molecule has 106 valence electrons. The Bertz CT molecular complexity index is 785. The summed E-state index contributed by atoms with van der Waals surface area (Å²) >= 11 is 0. The maximum absolute atomic E-state index is 11.7. The summed E-state index contributed by atoms with van der Waals surface area (Å²) in [4.78, 5) is 22.5. The van der Waals surface area contributed by atoms with Crippen molar-refractivity contribution >= 4 is 33.3 Å². The van der Waals surface area contributed by atoms with Crippen molar-refractivity contribution in [3.63, 3.8) is 0 Å². The van der Waals surface area contributed by atoms with Gasteiger partial charge in [0.25, 0.3) is 0 Å². The second-order valence-electron chi connectivity index (χ2n) is 3.93. The van der Waals surface area contributed by atoms with Gasteiger partial charge in [-0.15, -0.1) is 0 Å². The maximum Gasteiger partial charge on any atom is 0.341 e. The van der Waals surface area contributed by atoms with Crippen LogP contribution in [0, 0.1) is 0 Å². The van der Waals surface area contributed by atoms with Gasteiger partial charge in [0.15, 0.2) is 12.0 Å².